The van der Waals surface area contributed by atoms with E-state index < -0.39 is 0 Å². The van der Waals surface area contributed by atoms with E-state index in [-0.39, 0.29) is 41.6 Å². The summed E-state index contributed by atoms with van der Waals surface area (Å²) in [5.74, 6) is 1.66. The first-order valence-corrected chi connectivity index (χ1v) is 10.2. The van der Waals surface area contributed by atoms with Gasteiger partial charge in [-0.25, -0.2) is 0 Å². The number of imide groups is 1. The van der Waals surface area contributed by atoms with Crippen LogP contribution < -0.4 is 5.32 Å². The largest absolute Gasteiger partial charge is 0.349 e. The van der Waals surface area contributed by atoms with E-state index in [0.717, 1.165) is 62.7 Å². The highest BCUT2D eigenvalue weighted by atomic mass is 16.2. The Morgan fingerprint density at radius 3 is 1.88 bits per heavy atom. The van der Waals surface area contributed by atoms with Crippen LogP contribution in [0.2, 0.25) is 0 Å². The molecule has 25 heavy (non-hydrogen) atoms. The van der Waals surface area contributed by atoms with Crippen molar-refractivity contribution >= 4 is 17.7 Å². The number of hydrogen-bond acceptors (Lipinski definition) is 3. The summed E-state index contributed by atoms with van der Waals surface area (Å²) in [4.78, 5) is 39.1. The molecule has 1 N–H and O–H groups in total. The second-order valence-electron chi connectivity index (χ2n) is 9.51. The van der Waals surface area contributed by atoms with Crippen LogP contribution in [0.25, 0.3) is 0 Å². The lowest BCUT2D eigenvalue weighted by Gasteiger charge is -2.57. The third-order valence-corrected chi connectivity index (χ3v) is 7.68. The summed E-state index contributed by atoms with van der Waals surface area (Å²) < 4.78 is 0. The Balaban J connectivity index is 1.27. The predicted molar refractivity (Wildman–Crippen MR) is 91.2 cm³/mol. The maximum Gasteiger partial charge on any atom is 0.240 e. The second-order valence-corrected chi connectivity index (χ2v) is 9.51. The van der Waals surface area contributed by atoms with Crippen LogP contribution in [0.1, 0.15) is 64.2 Å². The molecule has 2 atom stereocenters. The average Bonchev–Trinajstić information content (AvgIpc) is 2.78. The van der Waals surface area contributed by atoms with Crippen molar-refractivity contribution in [2.75, 3.05) is 6.54 Å². The maximum absolute atomic E-state index is 12.7. The van der Waals surface area contributed by atoms with E-state index in [4.69, 9.17) is 0 Å². The lowest BCUT2D eigenvalue weighted by Crippen LogP contribution is -2.61. The first-order chi connectivity index (χ1) is 12.0. The van der Waals surface area contributed by atoms with Gasteiger partial charge in [-0.05, 0) is 69.1 Å². The molecule has 6 aliphatic rings. The molecule has 0 aromatic carbocycles. The molecular weight excluding hydrogens is 316 g/mol. The van der Waals surface area contributed by atoms with E-state index >= 15 is 0 Å². The first kappa shape index (κ1) is 15.8. The number of likely N-dealkylation sites (tertiary alicyclic amines) is 1. The summed E-state index contributed by atoms with van der Waals surface area (Å²) in [7, 11) is 0. The molecule has 136 valence electrons. The van der Waals surface area contributed by atoms with E-state index in [0.29, 0.717) is 0 Å². The molecule has 1 saturated heterocycles. The monoisotopic (exact) mass is 344 g/mol. The lowest BCUT2D eigenvalue weighted by atomic mass is 9.53. The molecule has 5 aliphatic carbocycles. The van der Waals surface area contributed by atoms with Crippen LogP contribution in [0.3, 0.4) is 0 Å². The molecule has 6 rings (SSSR count). The van der Waals surface area contributed by atoms with E-state index in [1.807, 2.05) is 0 Å². The highest BCUT2D eigenvalue weighted by molar-refractivity contribution is 6.07. The topological polar surface area (TPSA) is 66.5 Å². The molecule has 5 nitrogen and oxygen atoms in total. The van der Waals surface area contributed by atoms with Gasteiger partial charge in [-0.3, -0.25) is 19.3 Å². The molecule has 0 radical (unpaired) electrons. The number of carbonyl (C=O) groups excluding carboxylic acids is 3. The number of nitrogens with zero attached hydrogens (tertiary/aromatic N) is 1. The molecular formula is C20H28N2O3. The van der Waals surface area contributed by atoms with Gasteiger partial charge in [0.15, 0.2) is 0 Å². The summed E-state index contributed by atoms with van der Waals surface area (Å²) in [5, 5.41) is 3.29. The van der Waals surface area contributed by atoms with E-state index in [9.17, 15) is 14.4 Å². The maximum atomic E-state index is 12.7. The van der Waals surface area contributed by atoms with Crippen LogP contribution in [0.4, 0.5) is 0 Å². The summed E-state index contributed by atoms with van der Waals surface area (Å²) in [6.45, 7) is -0.0631. The van der Waals surface area contributed by atoms with E-state index in [1.54, 1.807) is 0 Å². The van der Waals surface area contributed by atoms with Crippen LogP contribution in [0, 0.1) is 29.6 Å². The average molecular weight is 344 g/mol. The quantitative estimate of drug-likeness (QED) is 0.799. The fraction of sp³-hybridized carbons (Fsp3) is 0.850. The van der Waals surface area contributed by atoms with Gasteiger partial charge in [-0.15, -0.1) is 0 Å². The van der Waals surface area contributed by atoms with Gasteiger partial charge in [0.2, 0.25) is 17.7 Å². The SMILES string of the molecule is O=C(CN1C(=O)[C@@H]2CCCC[C@H]2C1=O)NC12CC3CC(CC(C3)C1)C2. The van der Waals surface area contributed by atoms with Crippen molar-refractivity contribution in [1.82, 2.24) is 10.2 Å². The Labute approximate surface area is 148 Å². The standard InChI is InChI=1S/C20H28N2O3/c23-17(11-22-18(24)15-3-1-2-4-16(15)19(22)25)21-20-8-12-5-13(9-20)7-14(6-12)10-20/h12-16H,1-11H2,(H,21,23)/t12?,13?,14?,15-,16-,20?/m1/s1. The molecule has 0 unspecified atom stereocenters. The third kappa shape index (κ3) is 2.53. The minimum absolute atomic E-state index is 0.0512. The van der Waals surface area contributed by atoms with Gasteiger partial charge in [-0.1, -0.05) is 12.8 Å². The highest BCUT2D eigenvalue weighted by Gasteiger charge is 2.52. The Morgan fingerprint density at radius 2 is 1.40 bits per heavy atom. The van der Waals surface area contributed by atoms with E-state index in [1.165, 1.54) is 24.2 Å². The molecule has 3 amide bonds. The number of nitrogens with one attached hydrogen (secondary N) is 1. The van der Waals surface area contributed by atoms with Gasteiger partial charge in [0, 0.05) is 5.54 Å². The zero-order valence-corrected chi connectivity index (χ0v) is 14.8. The lowest BCUT2D eigenvalue weighted by molar-refractivity contribution is -0.145. The van der Waals surface area contributed by atoms with Crippen LogP contribution in [-0.4, -0.2) is 34.7 Å². The molecule has 4 bridgehead atoms. The third-order valence-electron chi connectivity index (χ3n) is 7.68. The molecule has 6 fully saturated rings. The first-order valence-electron chi connectivity index (χ1n) is 10.2. The van der Waals surface area contributed by atoms with Gasteiger partial charge in [0.05, 0.1) is 11.8 Å². The number of amides is 3. The Hall–Kier alpha value is -1.39. The van der Waals surface area contributed by atoms with Crippen LogP contribution in [0.5, 0.6) is 0 Å². The summed E-state index contributed by atoms with van der Waals surface area (Å²) in [6.07, 6.45) is 10.9. The Bertz CT molecular complexity index is 569. The molecule has 1 heterocycles. The van der Waals surface area contributed by atoms with Gasteiger partial charge >= 0.3 is 0 Å². The smallest absolute Gasteiger partial charge is 0.240 e. The minimum Gasteiger partial charge on any atom is -0.349 e. The zero-order valence-electron chi connectivity index (χ0n) is 14.8. The summed E-state index contributed by atoms with van der Waals surface area (Å²) in [5.41, 5.74) is -0.0512. The molecule has 0 aromatic heterocycles. The van der Waals surface area contributed by atoms with E-state index in [2.05, 4.69) is 5.32 Å². The second kappa shape index (κ2) is 5.55. The summed E-state index contributed by atoms with van der Waals surface area (Å²) in [6, 6.07) is 0. The van der Waals surface area contributed by atoms with Crippen molar-refractivity contribution in [3.8, 4) is 0 Å². The van der Waals surface area contributed by atoms with Gasteiger partial charge in [-0.2, -0.15) is 0 Å². The normalized spacial score (nSPS) is 45.0. The van der Waals surface area contributed by atoms with Crippen molar-refractivity contribution < 1.29 is 14.4 Å². The molecule has 1 aliphatic heterocycles. The van der Waals surface area contributed by atoms with Crippen molar-refractivity contribution in [2.24, 2.45) is 29.6 Å². The number of hydrogen-bond donors (Lipinski definition) is 1. The van der Waals surface area contributed by atoms with Crippen LogP contribution >= 0.6 is 0 Å². The number of fused-ring (bicyclic) bond motifs is 1. The Kier molecular flexibility index (Phi) is 3.52. The van der Waals surface area contributed by atoms with Crippen LogP contribution in [-0.2, 0) is 14.4 Å². The molecule has 0 aromatic rings. The minimum atomic E-state index is -0.159. The number of rotatable bonds is 3. The zero-order chi connectivity index (χ0) is 17.2. The predicted octanol–water partition coefficient (Wildman–Crippen LogP) is 2.25. The fourth-order valence-electron chi connectivity index (χ4n) is 7.13. The summed E-state index contributed by atoms with van der Waals surface area (Å²) >= 11 is 0. The molecule has 0 spiro atoms. The highest BCUT2D eigenvalue weighted by Crippen LogP contribution is 2.55. The van der Waals surface area contributed by atoms with Crippen LogP contribution in [0.15, 0.2) is 0 Å². The van der Waals surface area contributed by atoms with Crippen molar-refractivity contribution in [3.05, 3.63) is 0 Å². The van der Waals surface area contributed by atoms with Crippen molar-refractivity contribution in [2.45, 2.75) is 69.7 Å². The van der Waals surface area contributed by atoms with Crippen molar-refractivity contribution in [1.29, 1.82) is 0 Å². The number of carbonyl (C=O) groups is 3. The van der Waals surface area contributed by atoms with Gasteiger partial charge in [0.1, 0.15) is 6.54 Å². The van der Waals surface area contributed by atoms with Gasteiger partial charge in [0.25, 0.3) is 0 Å². The fourth-order valence-corrected chi connectivity index (χ4v) is 7.13. The van der Waals surface area contributed by atoms with Gasteiger partial charge < -0.3 is 5.32 Å². The molecule has 5 saturated carbocycles. The van der Waals surface area contributed by atoms with Crippen molar-refractivity contribution in [3.63, 3.8) is 0 Å². The molecule has 5 heteroatoms. The Morgan fingerprint density at radius 1 is 0.920 bits per heavy atom.